The van der Waals surface area contributed by atoms with E-state index in [1.807, 2.05) is 78.9 Å². The number of hydrogen-bond acceptors (Lipinski definition) is 4. The van der Waals surface area contributed by atoms with Gasteiger partial charge in [0.1, 0.15) is 0 Å². The topological polar surface area (TPSA) is 52.6 Å². The van der Waals surface area contributed by atoms with Gasteiger partial charge in [-0.1, -0.05) is 84.8 Å². The summed E-state index contributed by atoms with van der Waals surface area (Å²) in [5.41, 5.74) is 2.33. The first-order valence-electron chi connectivity index (χ1n) is 9.17. The van der Waals surface area contributed by atoms with Gasteiger partial charge in [0.2, 0.25) is 0 Å². The second-order valence-corrected chi connectivity index (χ2v) is 6.26. The Morgan fingerprint density at radius 3 is 1.69 bits per heavy atom. The van der Waals surface area contributed by atoms with Crippen LogP contribution in [0.1, 0.15) is 29.7 Å². The van der Waals surface area contributed by atoms with E-state index in [2.05, 4.69) is 11.8 Å². The van der Waals surface area contributed by atoms with E-state index < -0.39 is 24.1 Å². The SMILES string of the molecule is CC(=O)OC(C#Cc1ccccc1)C(=O)OC(c1ccccc1)c1ccccc1. The van der Waals surface area contributed by atoms with E-state index in [0.717, 1.165) is 11.1 Å². The molecule has 4 nitrogen and oxygen atoms in total. The second kappa shape index (κ2) is 9.91. The molecule has 0 aliphatic carbocycles. The van der Waals surface area contributed by atoms with Gasteiger partial charge >= 0.3 is 11.9 Å². The summed E-state index contributed by atoms with van der Waals surface area (Å²) in [7, 11) is 0. The van der Waals surface area contributed by atoms with Crippen molar-refractivity contribution in [2.75, 3.05) is 0 Å². The highest BCUT2D eigenvalue weighted by Crippen LogP contribution is 2.26. The number of carbonyl (C=O) groups excluding carboxylic acids is 2. The van der Waals surface area contributed by atoms with Crippen molar-refractivity contribution in [3.8, 4) is 11.8 Å². The lowest BCUT2D eigenvalue weighted by atomic mass is 10.0. The fourth-order valence-electron chi connectivity index (χ4n) is 2.73. The van der Waals surface area contributed by atoms with E-state index in [1.54, 1.807) is 12.1 Å². The van der Waals surface area contributed by atoms with Crippen molar-refractivity contribution < 1.29 is 19.1 Å². The Kier molecular flexibility index (Phi) is 6.80. The maximum Gasteiger partial charge on any atom is 0.361 e. The molecule has 3 rings (SSSR count). The second-order valence-electron chi connectivity index (χ2n) is 6.26. The molecule has 0 fully saturated rings. The molecular formula is C25H20O4. The van der Waals surface area contributed by atoms with Crippen molar-refractivity contribution in [1.29, 1.82) is 0 Å². The van der Waals surface area contributed by atoms with E-state index in [1.165, 1.54) is 6.92 Å². The molecule has 144 valence electrons. The zero-order valence-electron chi connectivity index (χ0n) is 15.9. The monoisotopic (exact) mass is 384 g/mol. The average Bonchev–Trinajstić information content (AvgIpc) is 2.76. The molecule has 0 saturated heterocycles. The van der Waals surface area contributed by atoms with Crippen LogP contribution in [0, 0.1) is 11.8 Å². The minimum Gasteiger partial charge on any atom is -0.449 e. The molecule has 0 heterocycles. The highest BCUT2D eigenvalue weighted by atomic mass is 16.6. The highest BCUT2D eigenvalue weighted by molar-refractivity contribution is 5.82. The Labute approximate surface area is 170 Å². The molecular weight excluding hydrogens is 364 g/mol. The van der Waals surface area contributed by atoms with Crippen molar-refractivity contribution in [3.63, 3.8) is 0 Å². The lowest BCUT2D eigenvalue weighted by Gasteiger charge is -2.20. The molecule has 0 aliphatic heterocycles. The van der Waals surface area contributed by atoms with Crippen molar-refractivity contribution in [1.82, 2.24) is 0 Å². The predicted molar refractivity (Wildman–Crippen MR) is 110 cm³/mol. The van der Waals surface area contributed by atoms with Crippen LogP contribution in [0.5, 0.6) is 0 Å². The van der Waals surface area contributed by atoms with E-state index in [0.29, 0.717) is 5.56 Å². The van der Waals surface area contributed by atoms with Gasteiger partial charge in [-0.15, -0.1) is 0 Å². The molecule has 0 aromatic heterocycles. The summed E-state index contributed by atoms with van der Waals surface area (Å²) < 4.78 is 10.9. The third kappa shape index (κ3) is 5.82. The molecule has 4 heteroatoms. The number of benzene rings is 3. The van der Waals surface area contributed by atoms with Gasteiger partial charge in [-0.25, -0.2) is 4.79 Å². The van der Waals surface area contributed by atoms with Crippen LogP contribution >= 0.6 is 0 Å². The minimum absolute atomic E-state index is 0.606. The van der Waals surface area contributed by atoms with E-state index in [4.69, 9.17) is 9.47 Å². The molecule has 1 unspecified atom stereocenters. The fraction of sp³-hybridized carbons (Fsp3) is 0.120. The van der Waals surface area contributed by atoms with Gasteiger partial charge in [0, 0.05) is 12.5 Å². The number of hydrogen-bond donors (Lipinski definition) is 0. The van der Waals surface area contributed by atoms with Gasteiger partial charge in [-0.3, -0.25) is 4.79 Å². The van der Waals surface area contributed by atoms with E-state index >= 15 is 0 Å². The highest BCUT2D eigenvalue weighted by Gasteiger charge is 2.26. The van der Waals surface area contributed by atoms with Crippen LogP contribution in [0.2, 0.25) is 0 Å². The van der Waals surface area contributed by atoms with Crippen LogP contribution in [0.15, 0.2) is 91.0 Å². The molecule has 3 aromatic rings. The van der Waals surface area contributed by atoms with Crippen molar-refractivity contribution >= 4 is 11.9 Å². The van der Waals surface area contributed by atoms with Crippen LogP contribution in [-0.2, 0) is 19.1 Å². The molecule has 1 atom stereocenters. The molecule has 0 N–H and O–H groups in total. The molecule has 0 saturated carbocycles. The first-order chi connectivity index (χ1) is 14.1. The molecule has 0 amide bonds. The van der Waals surface area contributed by atoms with Crippen molar-refractivity contribution in [3.05, 3.63) is 108 Å². The molecule has 0 radical (unpaired) electrons. The first kappa shape index (κ1) is 19.9. The summed E-state index contributed by atoms with van der Waals surface area (Å²) in [5, 5.41) is 0. The fourth-order valence-corrected chi connectivity index (χ4v) is 2.73. The van der Waals surface area contributed by atoms with Crippen molar-refractivity contribution in [2.24, 2.45) is 0 Å². The molecule has 0 bridgehead atoms. The lowest BCUT2D eigenvalue weighted by Crippen LogP contribution is -2.28. The van der Waals surface area contributed by atoms with E-state index in [9.17, 15) is 9.59 Å². The Balaban J connectivity index is 1.87. The Morgan fingerprint density at radius 1 is 0.724 bits per heavy atom. The predicted octanol–water partition coefficient (Wildman–Crippen LogP) is 4.30. The summed E-state index contributed by atoms with van der Waals surface area (Å²) in [6, 6.07) is 27.9. The summed E-state index contributed by atoms with van der Waals surface area (Å²) in [5.74, 6) is 4.24. The number of ether oxygens (including phenoxy) is 2. The Bertz CT molecular complexity index is 963. The smallest absolute Gasteiger partial charge is 0.361 e. The lowest BCUT2D eigenvalue weighted by molar-refractivity contribution is -0.165. The van der Waals surface area contributed by atoms with Crippen LogP contribution in [0.4, 0.5) is 0 Å². The third-order valence-corrected chi connectivity index (χ3v) is 4.06. The zero-order valence-corrected chi connectivity index (χ0v) is 15.9. The van der Waals surface area contributed by atoms with Crippen molar-refractivity contribution in [2.45, 2.75) is 19.1 Å². The quantitative estimate of drug-likeness (QED) is 0.486. The molecule has 29 heavy (non-hydrogen) atoms. The van der Waals surface area contributed by atoms with Gasteiger partial charge < -0.3 is 9.47 Å². The van der Waals surface area contributed by atoms with Crippen LogP contribution < -0.4 is 0 Å². The van der Waals surface area contributed by atoms with Crippen LogP contribution in [0.3, 0.4) is 0 Å². The summed E-state index contributed by atoms with van der Waals surface area (Å²) in [6.07, 6.45) is -1.95. The summed E-state index contributed by atoms with van der Waals surface area (Å²) in [6.45, 7) is 1.23. The van der Waals surface area contributed by atoms with Gasteiger partial charge in [-0.05, 0) is 29.2 Å². The van der Waals surface area contributed by atoms with Gasteiger partial charge in [0.25, 0.3) is 6.10 Å². The Hall–Kier alpha value is -3.84. The molecule has 0 aliphatic rings. The maximum absolute atomic E-state index is 12.9. The van der Waals surface area contributed by atoms with Crippen LogP contribution in [-0.4, -0.2) is 18.0 Å². The standard InChI is InChI=1S/C25H20O4/c1-19(26)28-23(18-17-20-11-5-2-6-12-20)25(27)29-24(21-13-7-3-8-14-21)22-15-9-4-10-16-22/h2-16,23-24H,1H3. The normalized spacial score (nSPS) is 11.1. The molecule has 0 spiro atoms. The summed E-state index contributed by atoms with van der Waals surface area (Å²) in [4.78, 5) is 24.4. The number of carbonyl (C=O) groups is 2. The third-order valence-electron chi connectivity index (χ3n) is 4.06. The minimum atomic E-state index is -1.32. The number of esters is 2. The Morgan fingerprint density at radius 2 is 1.21 bits per heavy atom. The van der Waals surface area contributed by atoms with Gasteiger partial charge in [0.05, 0.1) is 0 Å². The van der Waals surface area contributed by atoms with Gasteiger partial charge in [0.15, 0.2) is 6.10 Å². The zero-order chi connectivity index (χ0) is 20.5. The molecule has 3 aromatic carbocycles. The largest absolute Gasteiger partial charge is 0.449 e. The first-order valence-corrected chi connectivity index (χ1v) is 9.17. The number of rotatable bonds is 5. The van der Waals surface area contributed by atoms with Gasteiger partial charge in [-0.2, -0.15) is 0 Å². The maximum atomic E-state index is 12.9. The van der Waals surface area contributed by atoms with Crippen LogP contribution in [0.25, 0.3) is 0 Å². The van der Waals surface area contributed by atoms with E-state index in [-0.39, 0.29) is 0 Å². The summed E-state index contributed by atoms with van der Waals surface area (Å²) >= 11 is 0. The average molecular weight is 384 g/mol.